The summed E-state index contributed by atoms with van der Waals surface area (Å²) >= 11 is 0. The van der Waals surface area contributed by atoms with E-state index in [0.29, 0.717) is 11.3 Å². The van der Waals surface area contributed by atoms with Crippen LogP contribution in [0.1, 0.15) is 54.4 Å². The first-order valence-corrected chi connectivity index (χ1v) is 11.0. The van der Waals surface area contributed by atoms with Crippen LogP contribution in [0.2, 0.25) is 0 Å². The lowest BCUT2D eigenvalue weighted by atomic mass is 9.48. The summed E-state index contributed by atoms with van der Waals surface area (Å²) in [6.07, 6.45) is 7.48. The van der Waals surface area contributed by atoms with Gasteiger partial charge in [0.05, 0.1) is 25.5 Å². The molecular formula is C25H29NO5. The Balaban J connectivity index is 1.54. The molecule has 4 saturated carbocycles. The Morgan fingerprint density at radius 2 is 1.55 bits per heavy atom. The van der Waals surface area contributed by atoms with Crippen molar-refractivity contribution in [2.45, 2.75) is 43.9 Å². The predicted octanol–water partition coefficient (Wildman–Crippen LogP) is 4.84. The summed E-state index contributed by atoms with van der Waals surface area (Å²) in [6.45, 7) is 0. The summed E-state index contributed by atoms with van der Waals surface area (Å²) in [4.78, 5) is 13.2. The van der Waals surface area contributed by atoms with Gasteiger partial charge in [0.2, 0.25) is 0 Å². The highest BCUT2D eigenvalue weighted by Crippen LogP contribution is 2.62. The number of rotatable bonds is 5. The van der Waals surface area contributed by atoms with Gasteiger partial charge in [-0.15, -0.1) is 0 Å². The summed E-state index contributed by atoms with van der Waals surface area (Å²) in [5, 5.41) is 22.3. The van der Waals surface area contributed by atoms with Crippen LogP contribution in [-0.2, 0) is 5.41 Å². The second-order valence-electron chi connectivity index (χ2n) is 9.61. The molecule has 6 heteroatoms. The van der Waals surface area contributed by atoms with E-state index in [0.717, 1.165) is 48.3 Å². The minimum Gasteiger partial charge on any atom is -0.508 e. The number of amides is 1. The van der Waals surface area contributed by atoms with Crippen LogP contribution in [0.25, 0.3) is 0 Å². The minimum absolute atomic E-state index is 0.0576. The van der Waals surface area contributed by atoms with E-state index in [4.69, 9.17) is 9.47 Å². The maximum atomic E-state index is 13.2. The normalized spacial score (nSPS) is 28.4. The van der Waals surface area contributed by atoms with Crippen LogP contribution in [0.3, 0.4) is 0 Å². The minimum atomic E-state index is -0.369. The summed E-state index contributed by atoms with van der Waals surface area (Å²) < 4.78 is 11.3. The lowest BCUT2D eigenvalue weighted by Gasteiger charge is -2.57. The molecule has 0 saturated heterocycles. The van der Waals surface area contributed by atoms with E-state index in [9.17, 15) is 15.0 Å². The fourth-order valence-corrected chi connectivity index (χ4v) is 6.75. The van der Waals surface area contributed by atoms with Gasteiger partial charge in [0.25, 0.3) is 5.91 Å². The van der Waals surface area contributed by atoms with E-state index in [1.807, 2.05) is 12.1 Å². The number of hydrogen-bond donors (Lipinski definition) is 3. The van der Waals surface area contributed by atoms with E-state index in [1.54, 1.807) is 7.11 Å². The van der Waals surface area contributed by atoms with Gasteiger partial charge in [-0.1, -0.05) is 0 Å². The van der Waals surface area contributed by atoms with Crippen LogP contribution in [0.4, 0.5) is 5.69 Å². The molecule has 4 aliphatic carbocycles. The quantitative estimate of drug-likeness (QED) is 0.473. The fourth-order valence-electron chi connectivity index (χ4n) is 6.75. The average molecular weight is 424 g/mol. The van der Waals surface area contributed by atoms with Gasteiger partial charge in [0.15, 0.2) is 0 Å². The third kappa shape index (κ3) is 3.38. The van der Waals surface area contributed by atoms with Crippen molar-refractivity contribution >= 4 is 11.6 Å². The molecule has 0 heterocycles. The highest BCUT2D eigenvalue weighted by molar-refractivity contribution is 6.07. The van der Waals surface area contributed by atoms with E-state index in [2.05, 4.69) is 5.32 Å². The number of benzene rings is 2. The Labute approximate surface area is 182 Å². The van der Waals surface area contributed by atoms with Gasteiger partial charge in [-0.3, -0.25) is 4.79 Å². The molecule has 31 heavy (non-hydrogen) atoms. The van der Waals surface area contributed by atoms with Crippen LogP contribution in [0.5, 0.6) is 23.0 Å². The number of aromatic hydroxyl groups is 2. The van der Waals surface area contributed by atoms with E-state index in [-0.39, 0.29) is 28.5 Å². The van der Waals surface area contributed by atoms with Gasteiger partial charge >= 0.3 is 0 Å². The Bertz CT molecular complexity index is 996. The summed E-state index contributed by atoms with van der Waals surface area (Å²) in [5.74, 6) is 2.89. The van der Waals surface area contributed by atoms with Gasteiger partial charge in [-0.25, -0.2) is 0 Å². The molecule has 6 rings (SSSR count). The van der Waals surface area contributed by atoms with Gasteiger partial charge in [-0.05, 0) is 79.9 Å². The fraction of sp³-hybridized carbons (Fsp3) is 0.480. The van der Waals surface area contributed by atoms with Gasteiger partial charge < -0.3 is 25.0 Å². The first kappa shape index (κ1) is 20.0. The van der Waals surface area contributed by atoms with E-state index in [1.165, 1.54) is 44.6 Å². The van der Waals surface area contributed by atoms with Crippen LogP contribution < -0.4 is 14.8 Å². The molecule has 2 aromatic rings. The molecule has 0 aliphatic heterocycles. The second-order valence-corrected chi connectivity index (χ2v) is 9.61. The number of carbonyl (C=O) groups excluding carboxylic acids is 1. The van der Waals surface area contributed by atoms with Crippen LogP contribution >= 0.6 is 0 Å². The monoisotopic (exact) mass is 423 g/mol. The number of methoxy groups -OCH3 is 2. The number of phenolic OH excluding ortho intramolecular Hbond substituents is 2. The molecular weight excluding hydrogens is 394 g/mol. The summed E-state index contributed by atoms with van der Waals surface area (Å²) in [7, 11) is 3.21. The topological polar surface area (TPSA) is 88.0 Å². The number of carbonyl (C=O) groups is 1. The first-order valence-electron chi connectivity index (χ1n) is 11.0. The van der Waals surface area contributed by atoms with Gasteiger partial charge in [-0.2, -0.15) is 0 Å². The lowest BCUT2D eigenvalue weighted by Crippen LogP contribution is -2.48. The van der Waals surface area contributed by atoms with Crippen molar-refractivity contribution in [1.29, 1.82) is 0 Å². The van der Waals surface area contributed by atoms with Crippen molar-refractivity contribution in [2.75, 3.05) is 19.5 Å². The third-order valence-electron chi connectivity index (χ3n) is 7.61. The predicted molar refractivity (Wildman–Crippen MR) is 117 cm³/mol. The maximum absolute atomic E-state index is 13.2. The number of ether oxygens (including phenoxy) is 2. The van der Waals surface area contributed by atoms with Gasteiger partial charge in [0, 0.05) is 17.7 Å². The zero-order valence-electron chi connectivity index (χ0n) is 18.0. The van der Waals surface area contributed by atoms with Crippen molar-refractivity contribution in [1.82, 2.24) is 0 Å². The van der Waals surface area contributed by atoms with Crippen LogP contribution in [0, 0.1) is 17.8 Å². The zero-order valence-corrected chi connectivity index (χ0v) is 18.0. The van der Waals surface area contributed by atoms with Crippen molar-refractivity contribution < 1.29 is 24.5 Å². The van der Waals surface area contributed by atoms with Crippen molar-refractivity contribution in [3.8, 4) is 23.0 Å². The van der Waals surface area contributed by atoms with E-state index < -0.39 is 0 Å². The SMILES string of the molecule is COc1cc(OC)c(C23CC4CC(CC(C4)C2)C3)cc1C(=O)Nc1ccc(O)cc1O. The second kappa shape index (κ2) is 7.36. The number of phenols is 2. The highest BCUT2D eigenvalue weighted by atomic mass is 16.5. The van der Waals surface area contributed by atoms with Crippen molar-refractivity contribution in [3.63, 3.8) is 0 Å². The molecule has 0 radical (unpaired) electrons. The Morgan fingerprint density at radius 3 is 2.10 bits per heavy atom. The molecule has 0 spiro atoms. The molecule has 164 valence electrons. The number of anilines is 1. The molecule has 0 aromatic heterocycles. The Morgan fingerprint density at radius 1 is 0.935 bits per heavy atom. The number of hydrogen-bond acceptors (Lipinski definition) is 5. The largest absolute Gasteiger partial charge is 0.508 e. The lowest BCUT2D eigenvalue weighted by molar-refractivity contribution is -0.00619. The summed E-state index contributed by atoms with van der Waals surface area (Å²) in [6, 6.07) is 7.85. The highest BCUT2D eigenvalue weighted by Gasteiger charge is 2.52. The Kier molecular flexibility index (Phi) is 4.76. The smallest absolute Gasteiger partial charge is 0.259 e. The van der Waals surface area contributed by atoms with Crippen LogP contribution in [0.15, 0.2) is 30.3 Å². The third-order valence-corrected chi connectivity index (χ3v) is 7.61. The van der Waals surface area contributed by atoms with Crippen molar-refractivity contribution in [3.05, 3.63) is 41.5 Å². The molecule has 2 aromatic carbocycles. The molecule has 6 nitrogen and oxygen atoms in total. The standard InChI is InChI=1S/C25H29NO5/c1-30-22-10-23(31-2)19(25-11-14-5-15(12-25)7-16(6-14)13-25)9-18(22)24(29)26-20-4-3-17(27)8-21(20)28/h3-4,8-10,14-16,27-28H,5-7,11-13H2,1-2H3,(H,26,29). The average Bonchev–Trinajstić information content (AvgIpc) is 2.73. The van der Waals surface area contributed by atoms with Crippen LogP contribution in [-0.4, -0.2) is 30.3 Å². The van der Waals surface area contributed by atoms with Crippen molar-refractivity contribution in [2.24, 2.45) is 17.8 Å². The molecule has 1 amide bonds. The number of nitrogens with one attached hydrogen (secondary N) is 1. The molecule has 4 aliphatic rings. The molecule has 0 unspecified atom stereocenters. The van der Waals surface area contributed by atoms with E-state index >= 15 is 0 Å². The van der Waals surface area contributed by atoms with Gasteiger partial charge in [0.1, 0.15) is 23.0 Å². The Hall–Kier alpha value is -2.89. The molecule has 0 atom stereocenters. The first-order chi connectivity index (χ1) is 14.9. The molecule has 3 N–H and O–H groups in total. The molecule has 4 bridgehead atoms. The molecule has 4 fully saturated rings. The summed E-state index contributed by atoms with van der Waals surface area (Å²) in [5.41, 5.74) is 1.82. The maximum Gasteiger partial charge on any atom is 0.259 e. The zero-order chi connectivity index (χ0) is 21.8.